The highest BCUT2D eigenvalue weighted by Crippen LogP contribution is 2.26. The third-order valence-corrected chi connectivity index (χ3v) is 5.56. The molecule has 1 amide bonds. The Morgan fingerprint density at radius 3 is 2.58 bits per heavy atom. The second kappa shape index (κ2) is 14.6. The SMILES string of the molecule is N=NN(/C=C/Cc1cc(OC(F)(F)F)ccc1F)CCCC/C(N)=C/c1cc(C2CNC2)[nH]c1N.NC=O. The highest BCUT2D eigenvalue weighted by Gasteiger charge is 2.31. The Kier molecular flexibility index (Phi) is 11.6. The molecule has 1 saturated heterocycles. The van der Waals surface area contributed by atoms with E-state index in [1.165, 1.54) is 17.3 Å². The molecule has 14 heteroatoms. The molecule has 0 unspecified atom stereocenters. The summed E-state index contributed by atoms with van der Waals surface area (Å²) in [5, 5.41) is 7.97. The number of nitrogens with one attached hydrogen (secondary N) is 3. The van der Waals surface area contributed by atoms with E-state index in [9.17, 15) is 17.6 Å². The Balaban J connectivity index is 0.00000161. The summed E-state index contributed by atoms with van der Waals surface area (Å²) in [4.78, 5) is 11.8. The van der Waals surface area contributed by atoms with Gasteiger partial charge in [0.25, 0.3) is 0 Å². The number of hydrogen-bond acceptors (Lipinski definition) is 7. The van der Waals surface area contributed by atoms with Crippen molar-refractivity contribution in [1.82, 2.24) is 15.3 Å². The third-order valence-electron chi connectivity index (χ3n) is 5.56. The van der Waals surface area contributed by atoms with Crippen molar-refractivity contribution in [1.29, 1.82) is 5.53 Å². The predicted molar refractivity (Wildman–Crippen MR) is 135 cm³/mol. The van der Waals surface area contributed by atoms with Gasteiger partial charge in [-0.15, -0.1) is 13.2 Å². The van der Waals surface area contributed by atoms with Gasteiger partial charge >= 0.3 is 6.36 Å². The molecule has 2 aromatic rings. The van der Waals surface area contributed by atoms with Gasteiger partial charge in [-0.2, -0.15) is 5.53 Å². The van der Waals surface area contributed by atoms with Gasteiger partial charge in [-0.3, -0.25) is 9.80 Å². The summed E-state index contributed by atoms with van der Waals surface area (Å²) in [6.45, 7) is 2.29. The number of rotatable bonds is 12. The van der Waals surface area contributed by atoms with Crippen LogP contribution in [0.3, 0.4) is 0 Å². The number of ether oxygens (including phenoxy) is 1. The molecule has 1 aliphatic heterocycles. The maximum absolute atomic E-state index is 13.9. The lowest BCUT2D eigenvalue weighted by molar-refractivity contribution is -0.274. The molecule has 0 saturated carbocycles. The number of halogens is 4. The number of alkyl halides is 3. The van der Waals surface area contributed by atoms with Crippen molar-refractivity contribution >= 4 is 18.3 Å². The molecule has 3 rings (SSSR count). The van der Waals surface area contributed by atoms with E-state index >= 15 is 0 Å². The van der Waals surface area contributed by atoms with Gasteiger partial charge in [-0.25, -0.2) is 4.39 Å². The number of unbranched alkanes of at least 4 members (excludes halogenated alkanes) is 1. The van der Waals surface area contributed by atoms with Gasteiger partial charge in [-0.1, -0.05) is 11.3 Å². The van der Waals surface area contributed by atoms with E-state index in [1.807, 2.05) is 12.1 Å². The maximum atomic E-state index is 13.9. The Bertz CT molecular complexity index is 1110. The average Bonchev–Trinajstić information content (AvgIpc) is 3.14. The summed E-state index contributed by atoms with van der Waals surface area (Å²) >= 11 is 0. The van der Waals surface area contributed by atoms with Crippen molar-refractivity contribution in [3.63, 3.8) is 0 Å². The fourth-order valence-corrected chi connectivity index (χ4v) is 3.60. The molecule has 0 atom stereocenters. The van der Waals surface area contributed by atoms with Crippen LogP contribution in [0.2, 0.25) is 0 Å². The average molecular weight is 541 g/mol. The van der Waals surface area contributed by atoms with Crippen LogP contribution < -0.4 is 27.3 Å². The molecule has 38 heavy (non-hydrogen) atoms. The van der Waals surface area contributed by atoms with Gasteiger partial charge in [0.05, 0.1) is 0 Å². The van der Waals surface area contributed by atoms with Crippen LogP contribution >= 0.6 is 0 Å². The number of nitrogens with zero attached hydrogens (tertiary/aromatic N) is 2. The van der Waals surface area contributed by atoms with E-state index in [-0.39, 0.29) is 18.4 Å². The topological polar surface area (TPSA) is 172 Å². The number of amides is 1. The third kappa shape index (κ3) is 10.1. The first-order chi connectivity index (χ1) is 18.1. The van der Waals surface area contributed by atoms with E-state index < -0.39 is 17.9 Å². The molecule has 2 heterocycles. The summed E-state index contributed by atoms with van der Waals surface area (Å²) in [7, 11) is 0. The smallest absolute Gasteiger partial charge is 0.406 e. The van der Waals surface area contributed by atoms with Crippen LogP contribution in [0.1, 0.15) is 42.0 Å². The summed E-state index contributed by atoms with van der Waals surface area (Å²) in [5.41, 5.74) is 26.3. The van der Waals surface area contributed by atoms with E-state index in [1.54, 1.807) is 0 Å². The van der Waals surface area contributed by atoms with E-state index in [0.717, 1.165) is 49.0 Å². The minimum Gasteiger partial charge on any atom is -0.406 e. The Hall–Kier alpha value is -4.07. The lowest BCUT2D eigenvalue weighted by Gasteiger charge is -2.25. The number of benzene rings is 1. The zero-order chi connectivity index (χ0) is 28.1. The maximum Gasteiger partial charge on any atom is 0.573 e. The molecule has 9 N–H and O–H groups in total. The minimum absolute atomic E-state index is 0.0135. The summed E-state index contributed by atoms with van der Waals surface area (Å²) in [5.74, 6) is -0.110. The van der Waals surface area contributed by atoms with Crippen LogP contribution in [0.5, 0.6) is 5.75 Å². The molecule has 0 bridgehead atoms. The number of nitrogen functional groups attached to an aromatic ring is 1. The first-order valence-corrected chi connectivity index (χ1v) is 11.7. The molecule has 1 aromatic heterocycles. The van der Waals surface area contributed by atoms with Crippen molar-refractivity contribution in [2.24, 2.45) is 16.7 Å². The molecular weight excluding hydrogens is 508 g/mol. The molecule has 0 radical (unpaired) electrons. The fraction of sp³-hybridized carbons (Fsp3) is 0.375. The number of carbonyl (C=O) groups excluding carboxylic acids is 1. The van der Waals surface area contributed by atoms with Gasteiger partial charge in [0.1, 0.15) is 17.4 Å². The Morgan fingerprint density at radius 1 is 1.26 bits per heavy atom. The Labute approximate surface area is 217 Å². The minimum atomic E-state index is -4.85. The van der Waals surface area contributed by atoms with E-state index in [2.05, 4.69) is 26.0 Å². The van der Waals surface area contributed by atoms with Crippen molar-refractivity contribution in [3.8, 4) is 5.75 Å². The number of H-pyrrole nitrogens is 1. The molecule has 1 aromatic carbocycles. The number of hydrogen-bond donors (Lipinski definition) is 6. The van der Waals surface area contributed by atoms with Gasteiger partial charge < -0.3 is 32.2 Å². The second-order valence-electron chi connectivity index (χ2n) is 8.41. The zero-order valence-electron chi connectivity index (χ0n) is 20.6. The number of primary amides is 1. The lowest BCUT2D eigenvalue weighted by Crippen LogP contribution is -2.40. The first-order valence-electron chi connectivity index (χ1n) is 11.7. The molecule has 0 spiro atoms. The molecule has 0 aliphatic carbocycles. The standard InChI is InChI=1S/C23H29F4N7O.CH3NO/c24-20-7-6-19(35-23(25,26)27)11-15(20)4-3-9-34(33-30)8-2-1-5-18(28)10-16-12-21(32-22(16)29)17-13-31-14-17;2-1-3/h3,6-7,9-12,17,30-32H,1-2,4-5,8,13-14,28-29H2;1H,(H2,2,3)/b9-3+,18-10-,33-30?;. The summed E-state index contributed by atoms with van der Waals surface area (Å²) in [6, 6.07) is 4.85. The summed E-state index contributed by atoms with van der Waals surface area (Å²) in [6.07, 6.45) is 2.35. The number of aromatic nitrogens is 1. The van der Waals surface area contributed by atoms with Crippen molar-refractivity contribution in [2.75, 3.05) is 25.4 Å². The van der Waals surface area contributed by atoms with Crippen LogP contribution in [-0.2, 0) is 11.2 Å². The van der Waals surface area contributed by atoms with Crippen LogP contribution in [0.25, 0.3) is 6.08 Å². The predicted octanol–water partition coefficient (Wildman–Crippen LogP) is 3.90. The van der Waals surface area contributed by atoms with Crippen molar-refractivity contribution < 1.29 is 27.1 Å². The number of anilines is 1. The van der Waals surface area contributed by atoms with E-state index in [4.69, 9.17) is 21.8 Å². The second-order valence-corrected chi connectivity index (χ2v) is 8.41. The van der Waals surface area contributed by atoms with Crippen LogP contribution in [0.15, 0.2) is 47.5 Å². The van der Waals surface area contributed by atoms with Gasteiger partial charge in [0, 0.05) is 48.7 Å². The lowest BCUT2D eigenvalue weighted by atomic mass is 9.99. The summed E-state index contributed by atoms with van der Waals surface area (Å²) < 4.78 is 54.8. The Morgan fingerprint density at radius 2 is 1.97 bits per heavy atom. The van der Waals surface area contributed by atoms with Crippen molar-refractivity contribution in [3.05, 3.63) is 64.9 Å². The molecule has 1 fully saturated rings. The largest absolute Gasteiger partial charge is 0.573 e. The fourth-order valence-electron chi connectivity index (χ4n) is 3.60. The quantitative estimate of drug-likeness (QED) is 0.0783. The molecule has 208 valence electrons. The number of carbonyl (C=O) groups is 1. The van der Waals surface area contributed by atoms with Crippen molar-refractivity contribution in [2.45, 2.75) is 38.0 Å². The highest BCUT2D eigenvalue weighted by atomic mass is 19.4. The number of nitrogens with two attached hydrogens (primary N) is 3. The normalized spacial score (nSPS) is 13.9. The van der Waals surface area contributed by atoms with Crippen LogP contribution in [0.4, 0.5) is 23.4 Å². The van der Waals surface area contributed by atoms with Gasteiger partial charge in [-0.05, 0) is 61.6 Å². The number of allylic oxidation sites excluding steroid dienone is 2. The van der Waals surface area contributed by atoms with Crippen LogP contribution in [-0.4, -0.2) is 42.4 Å². The molecule has 1 aliphatic rings. The first kappa shape index (κ1) is 30.2. The zero-order valence-corrected chi connectivity index (χ0v) is 20.6. The monoisotopic (exact) mass is 540 g/mol. The van der Waals surface area contributed by atoms with E-state index in [0.29, 0.717) is 36.8 Å². The van der Waals surface area contributed by atoms with Gasteiger partial charge in [0.15, 0.2) is 0 Å². The highest BCUT2D eigenvalue weighted by molar-refractivity contribution is 5.64. The van der Waals surface area contributed by atoms with Gasteiger partial charge in [0.2, 0.25) is 6.41 Å². The number of aromatic amines is 1. The van der Waals surface area contributed by atoms with Crippen LogP contribution in [0, 0.1) is 11.3 Å². The molecular formula is C24H32F4N8O2. The molecule has 10 nitrogen and oxygen atoms in total.